The second kappa shape index (κ2) is 12.7. The summed E-state index contributed by atoms with van der Waals surface area (Å²) in [7, 11) is 0. The summed E-state index contributed by atoms with van der Waals surface area (Å²) in [4.78, 5) is 15.0. The van der Waals surface area contributed by atoms with Crippen molar-refractivity contribution < 1.29 is 4.74 Å². The van der Waals surface area contributed by atoms with Gasteiger partial charge >= 0.3 is 0 Å². The quantitative estimate of drug-likeness (QED) is 0.176. The van der Waals surface area contributed by atoms with Gasteiger partial charge in [0.05, 0.1) is 11.0 Å². The van der Waals surface area contributed by atoms with Gasteiger partial charge in [-0.3, -0.25) is 0 Å². The van der Waals surface area contributed by atoms with Gasteiger partial charge in [0.2, 0.25) is 0 Å². The van der Waals surface area contributed by atoms with Crippen LogP contribution in [0.15, 0.2) is 182 Å². The molecule has 1 aliphatic heterocycles. The third-order valence-electron chi connectivity index (χ3n) is 11.4. The molecule has 10 aromatic rings. The second-order valence-corrected chi connectivity index (χ2v) is 15.8. The Hall–Kier alpha value is -7.15. The Labute approximate surface area is 332 Å². The Morgan fingerprint density at radius 3 is 1.89 bits per heavy atom. The lowest BCUT2D eigenvalue weighted by atomic mass is 9.85. The molecule has 0 amide bonds. The molecule has 57 heavy (non-hydrogen) atoms. The minimum atomic E-state index is -0.145. The molecule has 6 heteroatoms. The molecular weight excluding hydrogens is 717 g/mol. The van der Waals surface area contributed by atoms with Gasteiger partial charge < -0.3 is 9.30 Å². The molecule has 0 bridgehead atoms. The fourth-order valence-corrected chi connectivity index (χ4v) is 9.88. The molecule has 2 atom stereocenters. The maximum absolute atomic E-state index is 6.71. The number of ether oxygens (including phenoxy) is 1. The average Bonchev–Trinajstić information content (AvgIpc) is 3.95. The summed E-state index contributed by atoms with van der Waals surface area (Å²) in [6.07, 6.45) is 6.68. The Kier molecular flexibility index (Phi) is 7.16. The van der Waals surface area contributed by atoms with E-state index in [-0.39, 0.29) is 12.0 Å². The number of rotatable bonds is 5. The molecule has 0 fully saturated rings. The summed E-state index contributed by atoms with van der Waals surface area (Å²) in [5.74, 6) is 2.83. The molecule has 0 radical (unpaired) electrons. The van der Waals surface area contributed by atoms with Gasteiger partial charge in [-0.25, -0.2) is 15.0 Å². The van der Waals surface area contributed by atoms with Crippen molar-refractivity contribution in [2.75, 3.05) is 0 Å². The maximum atomic E-state index is 6.71. The molecule has 2 unspecified atom stereocenters. The number of allylic oxidation sites excluding steroid dienone is 2. The third-order valence-corrected chi connectivity index (χ3v) is 12.5. The number of aromatic nitrogens is 4. The molecule has 7 aromatic carbocycles. The van der Waals surface area contributed by atoms with Crippen molar-refractivity contribution in [1.82, 2.24) is 19.5 Å². The molecule has 0 saturated carbocycles. The molecule has 4 heterocycles. The van der Waals surface area contributed by atoms with Crippen LogP contribution in [-0.4, -0.2) is 25.6 Å². The van der Waals surface area contributed by atoms with Crippen molar-refractivity contribution in [3.05, 3.63) is 193 Å². The topological polar surface area (TPSA) is 52.8 Å². The largest absolute Gasteiger partial charge is 0.485 e. The smallest absolute Gasteiger partial charge is 0.164 e. The van der Waals surface area contributed by atoms with E-state index in [1.165, 1.54) is 53.2 Å². The van der Waals surface area contributed by atoms with Crippen LogP contribution in [-0.2, 0) is 0 Å². The average molecular weight is 749 g/mol. The van der Waals surface area contributed by atoms with Gasteiger partial charge in [0.25, 0.3) is 0 Å². The number of para-hydroxylation sites is 2. The van der Waals surface area contributed by atoms with E-state index in [9.17, 15) is 0 Å². The molecule has 0 N–H and O–H groups in total. The van der Waals surface area contributed by atoms with Crippen LogP contribution in [0.2, 0.25) is 0 Å². The fraction of sp³-hybridized carbons (Fsp3) is 0.0392. The first-order chi connectivity index (χ1) is 28.2. The van der Waals surface area contributed by atoms with E-state index < -0.39 is 0 Å². The van der Waals surface area contributed by atoms with Gasteiger partial charge in [-0.1, -0.05) is 133 Å². The fourth-order valence-electron chi connectivity index (χ4n) is 8.76. The minimum Gasteiger partial charge on any atom is -0.485 e. The highest BCUT2D eigenvalue weighted by molar-refractivity contribution is 7.25. The predicted octanol–water partition coefficient (Wildman–Crippen LogP) is 12.8. The normalized spacial score (nSPS) is 15.9. The summed E-state index contributed by atoms with van der Waals surface area (Å²) in [5, 5.41) is 5.09. The number of fused-ring (bicyclic) bond motifs is 9. The molecule has 0 spiro atoms. The number of hydrogen-bond donors (Lipinski definition) is 0. The van der Waals surface area contributed by atoms with Gasteiger partial charge in [-0.15, -0.1) is 11.3 Å². The first kappa shape index (κ1) is 32.1. The van der Waals surface area contributed by atoms with E-state index in [2.05, 4.69) is 120 Å². The van der Waals surface area contributed by atoms with Crippen LogP contribution in [0.3, 0.4) is 0 Å². The summed E-state index contributed by atoms with van der Waals surface area (Å²) in [6.45, 7) is 0. The number of nitrogens with zero attached hydrogens (tertiary/aromatic N) is 4. The van der Waals surface area contributed by atoms with E-state index in [1.807, 2.05) is 78.1 Å². The van der Waals surface area contributed by atoms with E-state index >= 15 is 0 Å². The van der Waals surface area contributed by atoms with Crippen molar-refractivity contribution >= 4 is 58.9 Å². The number of benzene rings is 7. The molecular formula is C51H32N4OS. The lowest BCUT2D eigenvalue weighted by molar-refractivity contribution is 0.269. The molecule has 12 rings (SSSR count). The van der Waals surface area contributed by atoms with E-state index in [4.69, 9.17) is 19.7 Å². The zero-order valence-corrected chi connectivity index (χ0v) is 31.4. The summed E-state index contributed by atoms with van der Waals surface area (Å²) in [6, 6.07) is 57.6. The number of thiophene rings is 1. The molecule has 5 nitrogen and oxygen atoms in total. The summed E-state index contributed by atoms with van der Waals surface area (Å²) < 4.78 is 11.7. The van der Waals surface area contributed by atoms with E-state index in [0.29, 0.717) is 17.5 Å². The first-order valence-electron chi connectivity index (χ1n) is 19.3. The van der Waals surface area contributed by atoms with Gasteiger partial charge in [0, 0.05) is 64.8 Å². The van der Waals surface area contributed by atoms with Crippen molar-refractivity contribution in [3.8, 4) is 45.6 Å². The van der Waals surface area contributed by atoms with Crippen molar-refractivity contribution in [2.24, 2.45) is 0 Å². The molecule has 0 saturated heterocycles. The monoisotopic (exact) mass is 748 g/mol. The van der Waals surface area contributed by atoms with Crippen LogP contribution in [0.4, 0.5) is 0 Å². The second-order valence-electron chi connectivity index (χ2n) is 14.7. The SMILES string of the molecule is C1=CC2c3c(cccc3-c3nc(-c4ccccc4)nc(-c4ccccc4)n3)OC2C=C1c1ccc2sc3cc(-n4c5ccccc5c5ccccc54)ccc3c2c1. The van der Waals surface area contributed by atoms with Gasteiger partial charge in [0.15, 0.2) is 17.5 Å². The molecule has 268 valence electrons. The lowest BCUT2D eigenvalue weighted by Gasteiger charge is -2.20. The highest BCUT2D eigenvalue weighted by Crippen LogP contribution is 2.48. The van der Waals surface area contributed by atoms with Crippen LogP contribution in [0.5, 0.6) is 5.75 Å². The van der Waals surface area contributed by atoms with Crippen LogP contribution in [0.1, 0.15) is 17.0 Å². The first-order valence-corrected chi connectivity index (χ1v) is 20.1. The molecule has 3 aromatic heterocycles. The number of hydrogen-bond acceptors (Lipinski definition) is 5. The standard InChI is InChI=1S/C51H32N4OS/c1-3-12-31(13-4-1)49-52-50(32-14-5-2-6-15-32)54-51(53-49)40-18-11-21-44-48(40)39-25-22-34(29-45(39)56-44)33-23-27-46-41(28-33)38-26-24-35(30-47(38)57-46)55-42-19-9-7-16-36(42)37-17-8-10-20-43(37)55/h1-30,39,45H. The van der Waals surface area contributed by atoms with Gasteiger partial charge in [-0.2, -0.15) is 0 Å². The van der Waals surface area contributed by atoms with Crippen LogP contribution < -0.4 is 4.74 Å². The van der Waals surface area contributed by atoms with Crippen molar-refractivity contribution in [2.45, 2.75) is 12.0 Å². The molecule has 2 aliphatic rings. The van der Waals surface area contributed by atoms with Gasteiger partial charge in [0.1, 0.15) is 11.9 Å². The van der Waals surface area contributed by atoms with E-state index in [1.54, 1.807) is 0 Å². The third kappa shape index (κ3) is 5.18. The van der Waals surface area contributed by atoms with Crippen LogP contribution in [0.25, 0.3) is 87.4 Å². The highest BCUT2D eigenvalue weighted by atomic mass is 32.1. The van der Waals surface area contributed by atoms with Crippen LogP contribution >= 0.6 is 11.3 Å². The van der Waals surface area contributed by atoms with Gasteiger partial charge in [-0.05, 0) is 59.7 Å². The summed E-state index contributed by atoms with van der Waals surface area (Å²) in [5.41, 5.74) is 9.93. The predicted molar refractivity (Wildman–Crippen MR) is 234 cm³/mol. The van der Waals surface area contributed by atoms with Crippen LogP contribution in [0, 0.1) is 0 Å². The lowest BCUT2D eigenvalue weighted by Crippen LogP contribution is -2.17. The zero-order chi connectivity index (χ0) is 37.5. The Balaban J connectivity index is 0.899. The van der Waals surface area contributed by atoms with Crippen molar-refractivity contribution in [1.29, 1.82) is 0 Å². The summed E-state index contributed by atoms with van der Waals surface area (Å²) >= 11 is 1.85. The Bertz CT molecular complexity index is 3180. The highest BCUT2D eigenvalue weighted by Gasteiger charge is 2.36. The van der Waals surface area contributed by atoms with E-state index in [0.717, 1.165) is 33.6 Å². The zero-order valence-electron chi connectivity index (χ0n) is 30.6. The Morgan fingerprint density at radius 1 is 0.509 bits per heavy atom. The van der Waals surface area contributed by atoms with Crippen molar-refractivity contribution in [3.63, 3.8) is 0 Å². The maximum Gasteiger partial charge on any atom is 0.164 e. The Morgan fingerprint density at radius 2 is 1.18 bits per heavy atom. The minimum absolute atomic E-state index is 0.0297. The molecule has 1 aliphatic carbocycles.